The number of hydrogen-bond donors (Lipinski definition) is 0. The van der Waals surface area contributed by atoms with E-state index < -0.39 is 0 Å². The first kappa shape index (κ1) is 27.4. The zero-order valence-corrected chi connectivity index (χ0v) is 22.9. The maximum Gasteiger partial charge on any atom is 0.124 e. The van der Waals surface area contributed by atoms with Crippen molar-refractivity contribution in [2.24, 2.45) is 0 Å². The zero-order valence-electron chi connectivity index (χ0n) is 22.9. The number of benzene rings is 2. The second-order valence-electron chi connectivity index (χ2n) is 10.4. The standard InChI is InChI=1S/C34H39N3O/c1-26-22-34(38-21-10-4-8-19-35)31(25-37-20-9-7-12-27(37)2)23-30(26)18-17-29-15-11-16-32(33(29)24-36)28-13-5-3-6-14-28/h5,11,13-18,22-23,27H,3-4,6-10,12,20-21,25H2,1-2H3/b18-17+. The fourth-order valence-corrected chi connectivity index (χ4v) is 5.35. The summed E-state index contributed by atoms with van der Waals surface area (Å²) >= 11 is 0. The van der Waals surface area contributed by atoms with Crippen LogP contribution in [-0.2, 0) is 6.54 Å². The third-order valence-corrected chi connectivity index (χ3v) is 7.66. The number of piperidine rings is 1. The molecule has 1 aliphatic heterocycles. The molecule has 0 radical (unpaired) electrons. The van der Waals surface area contributed by atoms with Crippen molar-refractivity contribution in [1.82, 2.24) is 4.90 Å². The van der Waals surface area contributed by atoms with Gasteiger partial charge in [-0.1, -0.05) is 55.0 Å². The van der Waals surface area contributed by atoms with Gasteiger partial charge in [-0.25, -0.2) is 0 Å². The lowest BCUT2D eigenvalue weighted by Gasteiger charge is -2.34. The van der Waals surface area contributed by atoms with Crippen LogP contribution in [0.4, 0.5) is 0 Å². The van der Waals surface area contributed by atoms with E-state index in [1.54, 1.807) is 0 Å². The number of allylic oxidation sites excluding steroid dienone is 4. The summed E-state index contributed by atoms with van der Waals surface area (Å²) in [4.78, 5) is 2.56. The predicted molar refractivity (Wildman–Crippen MR) is 156 cm³/mol. The first-order chi connectivity index (χ1) is 18.6. The van der Waals surface area contributed by atoms with E-state index >= 15 is 0 Å². The summed E-state index contributed by atoms with van der Waals surface area (Å²) in [5, 5.41) is 18.9. The molecule has 196 valence electrons. The van der Waals surface area contributed by atoms with Crippen LogP contribution in [0.15, 0.2) is 48.6 Å². The minimum Gasteiger partial charge on any atom is -0.493 e. The van der Waals surface area contributed by atoms with Gasteiger partial charge in [0.05, 0.1) is 18.2 Å². The number of hydrogen-bond acceptors (Lipinski definition) is 4. The molecule has 1 fully saturated rings. The van der Waals surface area contributed by atoms with Crippen LogP contribution in [0.5, 0.6) is 5.75 Å². The monoisotopic (exact) mass is 505 g/mol. The molecule has 0 spiro atoms. The van der Waals surface area contributed by atoms with Crippen molar-refractivity contribution >= 4 is 17.7 Å². The summed E-state index contributed by atoms with van der Waals surface area (Å²) < 4.78 is 6.26. The minimum atomic E-state index is 0.566. The number of unbranched alkanes of at least 4 members (excludes halogenated alkanes) is 2. The Labute approximate surface area is 228 Å². The molecule has 0 amide bonds. The van der Waals surface area contributed by atoms with Gasteiger partial charge in [0, 0.05) is 24.6 Å². The molecule has 4 nitrogen and oxygen atoms in total. The number of nitrogens with zero attached hydrogens (tertiary/aromatic N) is 3. The summed E-state index contributed by atoms with van der Waals surface area (Å²) in [6, 6.07) is 15.8. The second kappa shape index (κ2) is 13.8. The number of ether oxygens (including phenoxy) is 1. The molecule has 2 aliphatic rings. The Morgan fingerprint density at radius 1 is 1.08 bits per heavy atom. The van der Waals surface area contributed by atoms with Crippen LogP contribution in [0.1, 0.15) is 91.7 Å². The van der Waals surface area contributed by atoms with Gasteiger partial charge >= 0.3 is 0 Å². The Morgan fingerprint density at radius 2 is 1.95 bits per heavy atom. The zero-order chi connectivity index (χ0) is 26.7. The number of aryl methyl sites for hydroxylation is 1. The Morgan fingerprint density at radius 3 is 2.71 bits per heavy atom. The molecule has 1 saturated heterocycles. The van der Waals surface area contributed by atoms with Gasteiger partial charge in [0.15, 0.2) is 0 Å². The van der Waals surface area contributed by atoms with Crippen LogP contribution < -0.4 is 4.74 Å². The van der Waals surface area contributed by atoms with Crippen LogP contribution >= 0.6 is 0 Å². The highest BCUT2D eigenvalue weighted by Gasteiger charge is 2.20. The average molecular weight is 506 g/mol. The maximum atomic E-state index is 10.0. The third kappa shape index (κ3) is 7.03. The second-order valence-corrected chi connectivity index (χ2v) is 10.4. The highest BCUT2D eigenvalue weighted by molar-refractivity contribution is 5.83. The van der Waals surface area contributed by atoms with Crippen molar-refractivity contribution in [3.05, 3.63) is 81.9 Å². The van der Waals surface area contributed by atoms with Gasteiger partial charge in [-0.2, -0.15) is 10.5 Å². The van der Waals surface area contributed by atoms with Crippen molar-refractivity contribution in [2.45, 2.75) is 77.8 Å². The van der Waals surface area contributed by atoms with E-state index in [-0.39, 0.29) is 0 Å². The van der Waals surface area contributed by atoms with Gasteiger partial charge in [0.2, 0.25) is 0 Å². The Kier molecular flexibility index (Phi) is 9.97. The topological polar surface area (TPSA) is 60.0 Å². The molecule has 0 bridgehead atoms. The lowest BCUT2D eigenvalue weighted by Crippen LogP contribution is -2.36. The molecule has 38 heavy (non-hydrogen) atoms. The molecule has 1 heterocycles. The Balaban J connectivity index is 1.62. The number of nitriles is 2. The van der Waals surface area contributed by atoms with Crippen molar-refractivity contribution in [1.29, 1.82) is 10.5 Å². The molecule has 2 aromatic rings. The summed E-state index contributed by atoms with van der Waals surface area (Å²) in [5.74, 6) is 0.949. The normalized spacial score (nSPS) is 17.7. The summed E-state index contributed by atoms with van der Waals surface area (Å²) in [7, 11) is 0. The molecule has 1 aliphatic carbocycles. The molecule has 4 rings (SSSR count). The Hall–Kier alpha value is -3.60. The van der Waals surface area contributed by atoms with Crippen LogP contribution in [0.2, 0.25) is 0 Å². The minimum absolute atomic E-state index is 0.566. The molecule has 1 atom stereocenters. The highest BCUT2D eigenvalue weighted by atomic mass is 16.5. The van der Waals surface area contributed by atoms with Crippen molar-refractivity contribution in [3.8, 4) is 17.9 Å². The van der Waals surface area contributed by atoms with Crippen molar-refractivity contribution < 1.29 is 4.74 Å². The van der Waals surface area contributed by atoms with Crippen LogP contribution in [0, 0.1) is 29.6 Å². The summed E-state index contributed by atoms with van der Waals surface area (Å²) in [6.45, 7) is 7.06. The van der Waals surface area contributed by atoms with E-state index in [0.29, 0.717) is 19.1 Å². The molecular weight excluding hydrogens is 466 g/mol. The smallest absolute Gasteiger partial charge is 0.124 e. The molecule has 0 aromatic heterocycles. The highest BCUT2D eigenvalue weighted by Crippen LogP contribution is 2.31. The fraction of sp³-hybridized carbons (Fsp3) is 0.412. The van der Waals surface area contributed by atoms with Crippen molar-refractivity contribution in [2.75, 3.05) is 13.2 Å². The molecular formula is C34H39N3O. The van der Waals surface area contributed by atoms with Gasteiger partial charge in [0.25, 0.3) is 0 Å². The van der Waals surface area contributed by atoms with Gasteiger partial charge in [-0.15, -0.1) is 0 Å². The van der Waals surface area contributed by atoms with Gasteiger partial charge < -0.3 is 4.74 Å². The molecule has 4 heteroatoms. The van der Waals surface area contributed by atoms with Gasteiger partial charge in [-0.3, -0.25) is 4.90 Å². The van der Waals surface area contributed by atoms with Gasteiger partial charge in [0.1, 0.15) is 11.8 Å². The summed E-state index contributed by atoms with van der Waals surface area (Å²) in [6.07, 6.45) is 18.9. The SMILES string of the molecule is Cc1cc(OCCCCC#N)c(CN2CCCCC2C)cc1/C=C/c1cccc(C2=CCCC=C2)c1C#N. The van der Waals surface area contributed by atoms with E-state index in [1.807, 2.05) is 18.2 Å². The van der Waals surface area contributed by atoms with E-state index in [1.165, 1.54) is 24.8 Å². The fourth-order valence-electron chi connectivity index (χ4n) is 5.35. The van der Waals surface area contributed by atoms with Gasteiger partial charge in [-0.05, 0) is 98.9 Å². The predicted octanol–water partition coefficient (Wildman–Crippen LogP) is 8.22. The van der Waals surface area contributed by atoms with E-state index in [9.17, 15) is 5.26 Å². The van der Waals surface area contributed by atoms with E-state index in [0.717, 1.165) is 77.9 Å². The van der Waals surface area contributed by atoms with E-state index in [4.69, 9.17) is 10.00 Å². The third-order valence-electron chi connectivity index (χ3n) is 7.66. The molecule has 2 aromatic carbocycles. The average Bonchev–Trinajstić information content (AvgIpc) is 2.94. The largest absolute Gasteiger partial charge is 0.493 e. The lowest BCUT2D eigenvalue weighted by molar-refractivity contribution is 0.150. The molecule has 0 N–H and O–H groups in total. The van der Waals surface area contributed by atoms with Crippen molar-refractivity contribution in [3.63, 3.8) is 0 Å². The quantitative estimate of drug-likeness (QED) is 0.241. The number of likely N-dealkylation sites (tertiary alicyclic amines) is 1. The molecule has 1 unspecified atom stereocenters. The van der Waals surface area contributed by atoms with Crippen LogP contribution in [-0.4, -0.2) is 24.1 Å². The first-order valence-corrected chi connectivity index (χ1v) is 14.1. The van der Waals surface area contributed by atoms with E-state index in [2.05, 4.69) is 73.4 Å². The Bertz CT molecular complexity index is 1290. The number of rotatable bonds is 10. The molecule has 0 saturated carbocycles. The van der Waals surface area contributed by atoms with Crippen LogP contribution in [0.25, 0.3) is 17.7 Å². The first-order valence-electron chi connectivity index (χ1n) is 14.1. The maximum absolute atomic E-state index is 10.0. The lowest BCUT2D eigenvalue weighted by atomic mass is 9.92. The van der Waals surface area contributed by atoms with Crippen LogP contribution in [0.3, 0.4) is 0 Å². The summed E-state index contributed by atoms with van der Waals surface area (Å²) in [5.41, 5.74) is 7.29.